The van der Waals surface area contributed by atoms with Crippen LogP contribution in [0.1, 0.15) is 44.5 Å². The molecule has 124 valence electrons. The van der Waals surface area contributed by atoms with Crippen molar-refractivity contribution < 1.29 is 4.74 Å². The smallest absolute Gasteiger partial charge is 0.318 e. The van der Waals surface area contributed by atoms with Gasteiger partial charge in [-0.05, 0) is 26.7 Å². The zero-order valence-corrected chi connectivity index (χ0v) is 14.4. The van der Waals surface area contributed by atoms with Crippen molar-refractivity contribution in [2.75, 3.05) is 25.1 Å². The Morgan fingerprint density at radius 1 is 1.39 bits per heavy atom. The van der Waals surface area contributed by atoms with E-state index in [1.165, 1.54) is 0 Å². The first-order valence-corrected chi connectivity index (χ1v) is 8.18. The molecule has 0 aromatic carbocycles. The van der Waals surface area contributed by atoms with Gasteiger partial charge in [0.05, 0.1) is 13.3 Å². The highest BCUT2D eigenvalue weighted by molar-refractivity contribution is 6.32. The lowest BCUT2D eigenvalue weighted by Crippen LogP contribution is -2.36. The van der Waals surface area contributed by atoms with E-state index >= 15 is 0 Å². The molecular formula is C15H21ClN6O. The van der Waals surface area contributed by atoms with Gasteiger partial charge in [-0.1, -0.05) is 11.6 Å². The highest BCUT2D eigenvalue weighted by atomic mass is 35.5. The normalized spacial score (nSPS) is 18.5. The number of anilines is 1. The molecule has 0 N–H and O–H groups in total. The van der Waals surface area contributed by atoms with Crippen LogP contribution in [0, 0.1) is 0 Å². The van der Waals surface area contributed by atoms with Gasteiger partial charge in [0.25, 0.3) is 0 Å². The Kier molecular flexibility index (Phi) is 4.66. The number of ether oxygens (including phenoxy) is 1. The van der Waals surface area contributed by atoms with Gasteiger partial charge in [-0.15, -0.1) is 10.2 Å². The van der Waals surface area contributed by atoms with Crippen molar-refractivity contribution >= 4 is 17.4 Å². The van der Waals surface area contributed by atoms with Crippen LogP contribution in [0.2, 0.25) is 5.02 Å². The van der Waals surface area contributed by atoms with E-state index < -0.39 is 0 Å². The second-order valence-corrected chi connectivity index (χ2v) is 6.41. The largest absolute Gasteiger partial charge is 0.467 e. The van der Waals surface area contributed by atoms with Crippen molar-refractivity contribution in [2.45, 2.75) is 38.6 Å². The second-order valence-electron chi connectivity index (χ2n) is 6.00. The van der Waals surface area contributed by atoms with Gasteiger partial charge in [-0.3, -0.25) is 0 Å². The molecule has 0 bridgehead atoms. The Morgan fingerprint density at radius 3 is 2.96 bits per heavy atom. The molecule has 1 unspecified atom stereocenters. The molecule has 23 heavy (non-hydrogen) atoms. The Bertz CT molecular complexity index is 674. The number of halogens is 1. The van der Waals surface area contributed by atoms with Crippen LogP contribution in [0.15, 0.2) is 12.5 Å². The van der Waals surface area contributed by atoms with Crippen LogP contribution in [0.4, 0.5) is 5.82 Å². The van der Waals surface area contributed by atoms with Gasteiger partial charge in [0.15, 0.2) is 5.82 Å². The van der Waals surface area contributed by atoms with Crippen molar-refractivity contribution in [3.63, 3.8) is 0 Å². The molecule has 1 saturated heterocycles. The molecule has 1 aliphatic heterocycles. The fraction of sp³-hybridized carbons (Fsp3) is 0.600. The van der Waals surface area contributed by atoms with Crippen LogP contribution in [0.5, 0.6) is 6.01 Å². The molecule has 2 aromatic rings. The second kappa shape index (κ2) is 6.70. The first-order valence-electron chi connectivity index (χ1n) is 7.81. The number of rotatable bonds is 4. The van der Waals surface area contributed by atoms with Crippen LogP contribution in [0.25, 0.3) is 0 Å². The first-order chi connectivity index (χ1) is 11.1. The van der Waals surface area contributed by atoms with Crippen LogP contribution >= 0.6 is 11.6 Å². The topological polar surface area (TPSA) is 69.0 Å². The van der Waals surface area contributed by atoms with E-state index in [1.54, 1.807) is 19.6 Å². The standard InChI is InChI=1S/C15H21ClN6O/c1-10(2)22-9-18-20-13(22)11-5-4-6-21(8-11)14-12(16)7-17-15(19-14)23-3/h7,9-11H,4-6,8H2,1-3H3. The summed E-state index contributed by atoms with van der Waals surface area (Å²) in [5.41, 5.74) is 0. The van der Waals surface area contributed by atoms with Gasteiger partial charge in [0.2, 0.25) is 0 Å². The fourth-order valence-corrected chi connectivity index (χ4v) is 3.20. The molecule has 7 nitrogen and oxygen atoms in total. The summed E-state index contributed by atoms with van der Waals surface area (Å²) in [6, 6.07) is 0.676. The number of methoxy groups -OCH3 is 1. The van der Waals surface area contributed by atoms with Gasteiger partial charge in [-0.2, -0.15) is 4.98 Å². The van der Waals surface area contributed by atoms with E-state index in [4.69, 9.17) is 16.3 Å². The molecule has 1 atom stereocenters. The third-order valence-corrected chi connectivity index (χ3v) is 4.40. The molecule has 0 spiro atoms. The summed E-state index contributed by atoms with van der Waals surface area (Å²) in [5, 5.41) is 8.96. The summed E-state index contributed by atoms with van der Waals surface area (Å²) in [6.07, 6.45) is 5.53. The molecule has 1 aliphatic rings. The van der Waals surface area contributed by atoms with Gasteiger partial charge in [0, 0.05) is 25.0 Å². The number of piperidine rings is 1. The summed E-state index contributed by atoms with van der Waals surface area (Å²) >= 11 is 6.29. The van der Waals surface area contributed by atoms with Crippen molar-refractivity contribution in [1.29, 1.82) is 0 Å². The van der Waals surface area contributed by atoms with Crippen LogP contribution < -0.4 is 9.64 Å². The van der Waals surface area contributed by atoms with Crippen LogP contribution in [-0.4, -0.2) is 44.9 Å². The Labute approximate surface area is 140 Å². The van der Waals surface area contributed by atoms with E-state index in [0.717, 1.165) is 37.6 Å². The molecule has 8 heteroatoms. The molecule has 3 heterocycles. The van der Waals surface area contributed by atoms with E-state index in [9.17, 15) is 0 Å². The van der Waals surface area contributed by atoms with Crippen LogP contribution in [-0.2, 0) is 0 Å². The lowest BCUT2D eigenvalue weighted by atomic mass is 9.97. The monoisotopic (exact) mass is 336 g/mol. The molecular weight excluding hydrogens is 316 g/mol. The zero-order valence-electron chi connectivity index (χ0n) is 13.6. The predicted molar refractivity (Wildman–Crippen MR) is 88.2 cm³/mol. The van der Waals surface area contributed by atoms with E-state index in [-0.39, 0.29) is 0 Å². The zero-order chi connectivity index (χ0) is 16.4. The number of aromatic nitrogens is 5. The van der Waals surface area contributed by atoms with Gasteiger partial charge < -0.3 is 14.2 Å². The fourth-order valence-electron chi connectivity index (χ4n) is 2.98. The minimum Gasteiger partial charge on any atom is -0.467 e. The molecule has 3 rings (SSSR count). The maximum absolute atomic E-state index is 6.29. The minimum atomic E-state index is 0.311. The Hall–Kier alpha value is -1.89. The maximum atomic E-state index is 6.29. The van der Waals surface area contributed by atoms with Crippen LogP contribution in [0.3, 0.4) is 0 Å². The van der Waals surface area contributed by atoms with Gasteiger partial charge in [-0.25, -0.2) is 4.98 Å². The van der Waals surface area contributed by atoms with Crippen molar-refractivity contribution in [1.82, 2.24) is 24.7 Å². The predicted octanol–water partition coefficient (Wildman–Crippen LogP) is 2.70. The summed E-state index contributed by atoms with van der Waals surface area (Å²) in [5.74, 6) is 2.06. The lowest BCUT2D eigenvalue weighted by molar-refractivity contribution is 0.378. The summed E-state index contributed by atoms with van der Waals surface area (Å²) < 4.78 is 7.25. The maximum Gasteiger partial charge on any atom is 0.318 e. The molecule has 2 aromatic heterocycles. The lowest BCUT2D eigenvalue weighted by Gasteiger charge is -2.33. The molecule has 0 radical (unpaired) electrons. The number of nitrogens with zero attached hydrogens (tertiary/aromatic N) is 6. The Morgan fingerprint density at radius 2 is 2.22 bits per heavy atom. The van der Waals surface area contributed by atoms with Crippen molar-refractivity contribution in [2.24, 2.45) is 0 Å². The summed E-state index contributed by atoms with van der Waals surface area (Å²) in [7, 11) is 1.55. The highest BCUT2D eigenvalue weighted by Gasteiger charge is 2.28. The van der Waals surface area contributed by atoms with E-state index in [2.05, 4.69) is 43.5 Å². The summed E-state index contributed by atoms with van der Waals surface area (Å²) in [4.78, 5) is 10.6. The van der Waals surface area contributed by atoms with E-state index in [1.807, 2.05) is 0 Å². The third kappa shape index (κ3) is 3.24. The van der Waals surface area contributed by atoms with Gasteiger partial charge >= 0.3 is 6.01 Å². The molecule has 0 amide bonds. The Balaban J connectivity index is 1.85. The minimum absolute atomic E-state index is 0.311. The molecule has 0 aliphatic carbocycles. The average molecular weight is 337 g/mol. The quantitative estimate of drug-likeness (QED) is 0.855. The third-order valence-electron chi connectivity index (χ3n) is 4.13. The van der Waals surface area contributed by atoms with E-state index in [0.29, 0.717) is 23.0 Å². The first kappa shape index (κ1) is 16.0. The van der Waals surface area contributed by atoms with Crippen molar-refractivity contribution in [3.8, 4) is 6.01 Å². The molecule has 1 fully saturated rings. The number of hydrogen-bond acceptors (Lipinski definition) is 6. The molecule has 0 saturated carbocycles. The SMILES string of the molecule is COc1ncc(Cl)c(N2CCCC(c3nncn3C(C)C)C2)n1. The number of hydrogen-bond donors (Lipinski definition) is 0. The highest BCUT2D eigenvalue weighted by Crippen LogP contribution is 2.32. The summed E-state index contributed by atoms with van der Waals surface area (Å²) in [6.45, 7) is 6.00. The van der Waals surface area contributed by atoms with Gasteiger partial charge in [0.1, 0.15) is 17.2 Å². The average Bonchev–Trinajstić information content (AvgIpc) is 3.05. The van der Waals surface area contributed by atoms with Crippen molar-refractivity contribution in [3.05, 3.63) is 23.4 Å².